The number of nitrogens with zero attached hydrogens (tertiary/aromatic N) is 1. The van der Waals surface area contributed by atoms with Crippen molar-refractivity contribution < 1.29 is 9.59 Å². The molecule has 1 aromatic carbocycles. The summed E-state index contributed by atoms with van der Waals surface area (Å²) in [6.45, 7) is 4.30. The fourth-order valence-corrected chi connectivity index (χ4v) is 4.00. The van der Waals surface area contributed by atoms with Crippen molar-refractivity contribution in [2.45, 2.75) is 57.5 Å². The molecule has 27 heavy (non-hydrogen) atoms. The molecule has 2 saturated carbocycles. The molecule has 2 aliphatic carbocycles. The fraction of sp³-hybridized carbons (Fsp3) is 0.636. The second kappa shape index (κ2) is 8.01. The van der Waals surface area contributed by atoms with Gasteiger partial charge in [0.05, 0.1) is 12.6 Å². The van der Waals surface area contributed by atoms with Crippen molar-refractivity contribution in [3.8, 4) is 0 Å². The van der Waals surface area contributed by atoms with Crippen LogP contribution in [0.15, 0.2) is 24.3 Å². The average molecular weight is 370 g/mol. The smallest absolute Gasteiger partial charge is 0.234 e. The van der Waals surface area contributed by atoms with Crippen LogP contribution in [-0.2, 0) is 9.59 Å². The molecule has 2 N–H and O–H groups in total. The molecule has 3 aliphatic rings. The first-order valence-electron chi connectivity index (χ1n) is 10.5. The predicted molar refractivity (Wildman–Crippen MR) is 105 cm³/mol. The summed E-state index contributed by atoms with van der Waals surface area (Å²) < 4.78 is 0. The highest BCUT2D eigenvalue weighted by Gasteiger charge is 2.34. The summed E-state index contributed by atoms with van der Waals surface area (Å²) in [6, 6.07) is 8.96. The number of carbonyl (C=O) groups excluding carboxylic acids is 2. The van der Waals surface area contributed by atoms with Gasteiger partial charge in [0.15, 0.2) is 0 Å². The molecule has 5 nitrogen and oxygen atoms in total. The zero-order valence-corrected chi connectivity index (χ0v) is 16.2. The van der Waals surface area contributed by atoms with E-state index in [1.54, 1.807) is 0 Å². The second-order valence-electron chi connectivity index (χ2n) is 8.63. The lowest BCUT2D eigenvalue weighted by molar-refractivity contribution is -0.125. The molecule has 1 aliphatic heterocycles. The van der Waals surface area contributed by atoms with Gasteiger partial charge < -0.3 is 10.6 Å². The maximum Gasteiger partial charge on any atom is 0.234 e. The van der Waals surface area contributed by atoms with Crippen LogP contribution in [0.3, 0.4) is 0 Å². The van der Waals surface area contributed by atoms with Crippen LogP contribution >= 0.6 is 0 Å². The Hall–Kier alpha value is -1.88. The molecule has 1 heterocycles. The number of hydrogen-bond donors (Lipinski definition) is 2. The van der Waals surface area contributed by atoms with Crippen LogP contribution in [0, 0.1) is 18.8 Å². The van der Waals surface area contributed by atoms with Crippen molar-refractivity contribution in [2.24, 2.45) is 11.8 Å². The van der Waals surface area contributed by atoms with E-state index in [1.807, 2.05) is 0 Å². The zero-order valence-electron chi connectivity index (χ0n) is 16.2. The van der Waals surface area contributed by atoms with Gasteiger partial charge in [-0.25, -0.2) is 0 Å². The summed E-state index contributed by atoms with van der Waals surface area (Å²) in [5.41, 5.74) is 2.47. The Labute approximate surface area is 161 Å². The molecule has 1 aromatic rings. The van der Waals surface area contributed by atoms with Crippen molar-refractivity contribution in [1.82, 2.24) is 15.5 Å². The van der Waals surface area contributed by atoms with E-state index in [1.165, 1.54) is 24.0 Å². The summed E-state index contributed by atoms with van der Waals surface area (Å²) in [7, 11) is 0. The normalized spacial score (nSPS) is 22.3. The zero-order chi connectivity index (χ0) is 18.8. The minimum atomic E-state index is 0.118. The summed E-state index contributed by atoms with van der Waals surface area (Å²) in [4.78, 5) is 26.7. The lowest BCUT2D eigenvalue weighted by atomic mass is 10.0. The van der Waals surface area contributed by atoms with Crippen molar-refractivity contribution in [1.29, 1.82) is 0 Å². The van der Waals surface area contributed by atoms with E-state index in [-0.39, 0.29) is 29.8 Å². The van der Waals surface area contributed by atoms with Gasteiger partial charge in [-0.1, -0.05) is 29.8 Å². The molecule has 5 heteroatoms. The third kappa shape index (κ3) is 5.10. The number of amides is 2. The van der Waals surface area contributed by atoms with Crippen LogP contribution in [0.4, 0.5) is 0 Å². The quantitative estimate of drug-likeness (QED) is 0.776. The number of nitrogens with one attached hydrogen (secondary N) is 2. The van der Waals surface area contributed by atoms with Crippen LogP contribution < -0.4 is 10.6 Å². The third-order valence-electron chi connectivity index (χ3n) is 6.10. The highest BCUT2D eigenvalue weighted by atomic mass is 16.2. The van der Waals surface area contributed by atoms with E-state index >= 15 is 0 Å². The summed E-state index contributed by atoms with van der Waals surface area (Å²) in [6.07, 6.45) is 6.38. The Bertz CT molecular complexity index is 671. The molecule has 146 valence electrons. The van der Waals surface area contributed by atoms with Crippen LogP contribution in [0.2, 0.25) is 0 Å². The summed E-state index contributed by atoms with van der Waals surface area (Å²) >= 11 is 0. The van der Waals surface area contributed by atoms with E-state index in [2.05, 4.69) is 46.7 Å². The van der Waals surface area contributed by atoms with Gasteiger partial charge in [-0.2, -0.15) is 0 Å². The molecule has 1 saturated heterocycles. The maximum atomic E-state index is 12.6. The molecule has 3 fully saturated rings. The van der Waals surface area contributed by atoms with Gasteiger partial charge in [0.2, 0.25) is 11.8 Å². The number of benzene rings is 1. The first-order chi connectivity index (χ1) is 13.1. The molecule has 0 aromatic heterocycles. The topological polar surface area (TPSA) is 61.4 Å². The van der Waals surface area contributed by atoms with Gasteiger partial charge in [0.1, 0.15) is 0 Å². The Morgan fingerprint density at radius 1 is 1.04 bits per heavy atom. The van der Waals surface area contributed by atoms with Gasteiger partial charge in [0.25, 0.3) is 0 Å². The first kappa shape index (κ1) is 18.5. The molecule has 0 spiro atoms. The Kier molecular flexibility index (Phi) is 5.48. The van der Waals surface area contributed by atoms with Gasteiger partial charge in [-0.05, 0) is 56.9 Å². The standard InChI is InChI=1S/C22H31N3O2/c1-15-2-4-16(5-3-15)21(17-6-7-17)24-20(26)14-25-12-10-19(11-13-25)23-22(27)18-8-9-18/h2-5,17-19,21H,6-14H2,1H3,(H,23,27)(H,24,26). The third-order valence-corrected chi connectivity index (χ3v) is 6.10. The van der Waals surface area contributed by atoms with E-state index in [4.69, 9.17) is 0 Å². The van der Waals surface area contributed by atoms with E-state index in [0.717, 1.165) is 38.8 Å². The average Bonchev–Trinajstić information content (AvgIpc) is 3.55. The number of carbonyl (C=O) groups is 2. The maximum absolute atomic E-state index is 12.6. The van der Waals surface area contributed by atoms with Gasteiger partial charge in [-0.15, -0.1) is 0 Å². The van der Waals surface area contributed by atoms with Crippen molar-refractivity contribution in [3.05, 3.63) is 35.4 Å². The highest BCUT2D eigenvalue weighted by Crippen LogP contribution is 2.41. The van der Waals surface area contributed by atoms with Crippen molar-refractivity contribution in [2.75, 3.05) is 19.6 Å². The molecule has 2 amide bonds. The number of rotatable bonds is 7. The van der Waals surface area contributed by atoms with Gasteiger partial charge >= 0.3 is 0 Å². The van der Waals surface area contributed by atoms with E-state index < -0.39 is 0 Å². The van der Waals surface area contributed by atoms with Crippen LogP contribution in [0.25, 0.3) is 0 Å². The molecule has 1 unspecified atom stereocenters. The van der Waals surface area contributed by atoms with Crippen LogP contribution in [-0.4, -0.2) is 42.4 Å². The largest absolute Gasteiger partial charge is 0.353 e. The Morgan fingerprint density at radius 2 is 1.70 bits per heavy atom. The lowest BCUT2D eigenvalue weighted by Gasteiger charge is -2.32. The van der Waals surface area contributed by atoms with E-state index in [9.17, 15) is 9.59 Å². The summed E-state index contributed by atoms with van der Waals surface area (Å²) in [5, 5.41) is 6.45. The van der Waals surface area contributed by atoms with Gasteiger partial charge in [0, 0.05) is 25.0 Å². The number of aryl methyl sites for hydroxylation is 1. The molecule has 1 atom stereocenters. The summed E-state index contributed by atoms with van der Waals surface area (Å²) in [5.74, 6) is 1.21. The fourth-order valence-electron chi connectivity index (χ4n) is 4.00. The van der Waals surface area contributed by atoms with Crippen LogP contribution in [0.1, 0.15) is 55.7 Å². The SMILES string of the molecule is Cc1ccc(C(NC(=O)CN2CCC(NC(=O)C3CC3)CC2)C2CC2)cc1. The second-order valence-corrected chi connectivity index (χ2v) is 8.63. The first-order valence-corrected chi connectivity index (χ1v) is 10.5. The molecule has 0 radical (unpaired) electrons. The van der Waals surface area contributed by atoms with Gasteiger partial charge in [-0.3, -0.25) is 14.5 Å². The lowest BCUT2D eigenvalue weighted by Crippen LogP contribution is -2.48. The molecular formula is C22H31N3O2. The minimum absolute atomic E-state index is 0.118. The molecule has 0 bridgehead atoms. The number of hydrogen-bond acceptors (Lipinski definition) is 3. The number of piperidine rings is 1. The minimum Gasteiger partial charge on any atom is -0.353 e. The Balaban J connectivity index is 1.24. The van der Waals surface area contributed by atoms with E-state index in [0.29, 0.717) is 12.5 Å². The van der Waals surface area contributed by atoms with Crippen molar-refractivity contribution in [3.63, 3.8) is 0 Å². The van der Waals surface area contributed by atoms with Crippen LogP contribution in [0.5, 0.6) is 0 Å². The molecular weight excluding hydrogens is 338 g/mol. The predicted octanol–water partition coefficient (Wildman–Crippen LogP) is 2.55. The monoisotopic (exact) mass is 369 g/mol. The Morgan fingerprint density at radius 3 is 2.30 bits per heavy atom. The number of likely N-dealkylation sites (tertiary alicyclic amines) is 1. The highest BCUT2D eigenvalue weighted by molar-refractivity contribution is 5.81. The molecule has 4 rings (SSSR count). The van der Waals surface area contributed by atoms with Crippen molar-refractivity contribution >= 4 is 11.8 Å².